The highest BCUT2D eigenvalue weighted by atomic mass is 19.4. The van der Waals surface area contributed by atoms with Gasteiger partial charge in [-0.2, -0.15) is 13.2 Å². The van der Waals surface area contributed by atoms with Gasteiger partial charge in [0, 0.05) is 44.4 Å². The first-order chi connectivity index (χ1) is 16.4. The largest absolute Gasteiger partial charge is 0.417 e. The summed E-state index contributed by atoms with van der Waals surface area (Å²) in [6.07, 6.45) is 0.780. The number of hydrogen-bond donors (Lipinski definition) is 1. The predicted molar refractivity (Wildman–Crippen MR) is 123 cm³/mol. The Morgan fingerprint density at radius 3 is 2.65 bits per heavy atom. The van der Waals surface area contributed by atoms with E-state index in [-0.39, 0.29) is 16.8 Å². The van der Waals surface area contributed by atoms with Crippen molar-refractivity contribution in [3.63, 3.8) is 0 Å². The van der Waals surface area contributed by atoms with Crippen LogP contribution in [0.3, 0.4) is 0 Å². The minimum atomic E-state index is -4.44. The number of halogens is 3. The first-order valence-electron chi connectivity index (χ1n) is 11.4. The molecule has 34 heavy (non-hydrogen) atoms. The SMILES string of the molecule is O=c1[nH]c(C2=NCCCC2)nc2c1CN(Cc1ccc(-c3ccccc3C(F)(F)F)nc1)CC2. The van der Waals surface area contributed by atoms with E-state index in [1.54, 1.807) is 24.4 Å². The lowest BCUT2D eigenvalue weighted by Gasteiger charge is -2.28. The van der Waals surface area contributed by atoms with Crippen molar-refractivity contribution < 1.29 is 13.2 Å². The first kappa shape index (κ1) is 22.5. The van der Waals surface area contributed by atoms with E-state index in [0.29, 0.717) is 30.9 Å². The minimum Gasteiger partial charge on any atom is -0.305 e. The number of nitrogens with one attached hydrogen (secondary N) is 1. The summed E-state index contributed by atoms with van der Waals surface area (Å²) in [5.41, 5.74) is 2.74. The standard InChI is InChI=1S/C25H24F3N5O/c26-25(27,28)19-6-2-1-5-17(19)20-9-8-16(13-30-20)14-33-12-10-21-18(15-33)24(34)32-23(31-21)22-7-3-4-11-29-22/h1-2,5-6,8-9,13H,3-4,7,10-12,14-15H2,(H,31,32,34). The third-order valence-electron chi connectivity index (χ3n) is 6.28. The van der Waals surface area contributed by atoms with Crippen LogP contribution in [-0.2, 0) is 25.7 Å². The number of benzene rings is 1. The fraction of sp³-hybridized carbons (Fsp3) is 0.360. The van der Waals surface area contributed by atoms with Gasteiger partial charge in [0.15, 0.2) is 5.82 Å². The molecule has 176 valence electrons. The molecular weight excluding hydrogens is 443 g/mol. The van der Waals surface area contributed by atoms with Crippen LogP contribution in [0.15, 0.2) is 52.4 Å². The summed E-state index contributed by atoms with van der Waals surface area (Å²) in [6.45, 7) is 2.51. The molecule has 0 atom stereocenters. The van der Waals surface area contributed by atoms with Gasteiger partial charge in [0.2, 0.25) is 0 Å². The number of nitrogens with zero attached hydrogens (tertiary/aromatic N) is 4. The molecule has 0 fully saturated rings. The van der Waals surface area contributed by atoms with E-state index in [1.165, 1.54) is 12.1 Å². The van der Waals surface area contributed by atoms with E-state index in [2.05, 4.69) is 19.9 Å². The Kier molecular flexibility index (Phi) is 6.03. The summed E-state index contributed by atoms with van der Waals surface area (Å²) in [5, 5.41) is 0. The van der Waals surface area contributed by atoms with Gasteiger partial charge in [0.05, 0.1) is 28.2 Å². The first-order valence-corrected chi connectivity index (χ1v) is 11.4. The zero-order chi connectivity index (χ0) is 23.7. The second-order valence-corrected chi connectivity index (χ2v) is 8.68. The Labute approximate surface area is 194 Å². The van der Waals surface area contributed by atoms with Crippen LogP contribution in [0.2, 0.25) is 0 Å². The van der Waals surface area contributed by atoms with Crippen LogP contribution in [0.5, 0.6) is 0 Å². The predicted octanol–water partition coefficient (Wildman–Crippen LogP) is 4.38. The Morgan fingerprint density at radius 2 is 1.91 bits per heavy atom. The highest BCUT2D eigenvalue weighted by Crippen LogP contribution is 2.36. The maximum Gasteiger partial charge on any atom is 0.417 e. The molecule has 9 heteroatoms. The normalized spacial score (nSPS) is 16.7. The van der Waals surface area contributed by atoms with E-state index in [4.69, 9.17) is 4.98 Å². The number of hydrogen-bond acceptors (Lipinski definition) is 5. The van der Waals surface area contributed by atoms with Crippen LogP contribution in [0.25, 0.3) is 11.3 Å². The van der Waals surface area contributed by atoms with E-state index in [0.717, 1.165) is 55.4 Å². The van der Waals surface area contributed by atoms with Crippen LogP contribution >= 0.6 is 0 Å². The second-order valence-electron chi connectivity index (χ2n) is 8.68. The second kappa shape index (κ2) is 9.13. The molecule has 1 N–H and O–H groups in total. The monoisotopic (exact) mass is 467 g/mol. The van der Waals surface area contributed by atoms with Crippen molar-refractivity contribution in [1.82, 2.24) is 19.9 Å². The summed E-state index contributed by atoms with van der Waals surface area (Å²) in [4.78, 5) is 31.3. The summed E-state index contributed by atoms with van der Waals surface area (Å²) < 4.78 is 40.0. The number of fused-ring (bicyclic) bond motifs is 1. The van der Waals surface area contributed by atoms with Gasteiger partial charge < -0.3 is 4.98 Å². The van der Waals surface area contributed by atoms with Crippen molar-refractivity contribution in [2.75, 3.05) is 13.1 Å². The molecule has 1 aromatic carbocycles. The molecule has 0 amide bonds. The summed E-state index contributed by atoms with van der Waals surface area (Å²) in [6, 6.07) is 8.84. The fourth-order valence-electron chi connectivity index (χ4n) is 4.53. The number of aliphatic imine (C=N–C) groups is 1. The number of rotatable bonds is 4. The lowest BCUT2D eigenvalue weighted by molar-refractivity contribution is -0.137. The van der Waals surface area contributed by atoms with Crippen molar-refractivity contribution >= 4 is 5.71 Å². The Hall–Kier alpha value is -3.33. The minimum absolute atomic E-state index is 0.0597. The highest BCUT2D eigenvalue weighted by Gasteiger charge is 2.33. The number of alkyl halides is 3. The zero-order valence-corrected chi connectivity index (χ0v) is 18.5. The summed E-state index contributed by atoms with van der Waals surface area (Å²) in [7, 11) is 0. The van der Waals surface area contributed by atoms with Gasteiger partial charge in [-0.3, -0.25) is 19.7 Å². The van der Waals surface area contributed by atoms with E-state index >= 15 is 0 Å². The number of aromatic amines is 1. The molecule has 0 aliphatic carbocycles. The van der Waals surface area contributed by atoms with Crippen molar-refractivity contribution in [3.8, 4) is 11.3 Å². The molecule has 2 aromatic heterocycles. The smallest absolute Gasteiger partial charge is 0.305 e. The van der Waals surface area contributed by atoms with Gasteiger partial charge in [-0.1, -0.05) is 24.3 Å². The van der Waals surface area contributed by atoms with Gasteiger partial charge in [-0.15, -0.1) is 0 Å². The maximum atomic E-state index is 13.3. The molecule has 2 aliphatic heterocycles. The molecule has 5 rings (SSSR count). The molecule has 2 aliphatic rings. The highest BCUT2D eigenvalue weighted by molar-refractivity contribution is 5.97. The third kappa shape index (κ3) is 4.65. The molecule has 0 spiro atoms. The van der Waals surface area contributed by atoms with Crippen LogP contribution in [0, 0.1) is 0 Å². The van der Waals surface area contributed by atoms with Crippen LogP contribution in [0.4, 0.5) is 13.2 Å². The zero-order valence-electron chi connectivity index (χ0n) is 18.5. The molecule has 3 aromatic rings. The van der Waals surface area contributed by atoms with E-state index in [1.807, 2.05) is 0 Å². The lowest BCUT2D eigenvalue weighted by Crippen LogP contribution is -2.36. The molecule has 0 radical (unpaired) electrons. The molecule has 0 bridgehead atoms. The number of aromatic nitrogens is 3. The van der Waals surface area contributed by atoms with Gasteiger partial charge in [0.1, 0.15) is 0 Å². The molecule has 0 saturated heterocycles. The van der Waals surface area contributed by atoms with Gasteiger partial charge in [-0.05, 0) is 37.0 Å². The van der Waals surface area contributed by atoms with Crippen LogP contribution in [-0.4, -0.2) is 38.7 Å². The topological polar surface area (TPSA) is 74.2 Å². The quantitative estimate of drug-likeness (QED) is 0.618. The number of pyridine rings is 1. The maximum absolute atomic E-state index is 13.3. The third-order valence-corrected chi connectivity index (χ3v) is 6.28. The molecule has 0 saturated carbocycles. The van der Waals surface area contributed by atoms with Gasteiger partial charge in [-0.25, -0.2) is 4.98 Å². The average molecular weight is 467 g/mol. The average Bonchev–Trinajstić information content (AvgIpc) is 2.85. The fourth-order valence-corrected chi connectivity index (χ4v) is 4.53. The van der Waals surface area contributed by atoms with Crippen molar-refractivity contribution in [2.45, 2.75) is 44.9 Å². The molecule has 0 unspecified atom stereocenters. The lowest BCUT2D eigenvalue weighted by atomic mass is 10.0. The number of H-pyrrole nitrogens is 1. The van der Waals surface area contributed by atoms with E-state index in [9.17, 15) is 18.0 Å². The van der Waals surface area contributed by atoms with Crippen LogP contribution < -0.4 is 5.56 Å². The summed E-state index contributed by atoms with van der Waals surface area (Å²) in [5.74, 6) is 0.593. The summed E-state index contributed by atoms with van der Waals surface area (Å²) >= 11 is 0. The molecule has 4 heterocycles. The van der Waals surface area contributed by atoms with Crippen molar-refractivity contribution in [1.29, 1.82) is 0 Å². The van der Waals surface area contributed by atoms with Crippen molar-refractivity contribution in [2.24, 2.45) is 4.99 Å². The van der Waals surface area contributed by atoms with Gasteiger partial charge in [0.25, 0.3) is 5.56 Å². The van der Waals surface area contributed by atoms with Crippen LogP contribution in [0.1, 0.15) is 47.5 Å². The Balaban J connectivity index is 1.31. The molecular formula is C25H24F3N5O. The Morgan fingerprint density at radius 1 is 1.06 bits per heavy atom. The Bertz CT molecular complexity index is 1280. The van der Waals surface area contributed by atoms with E-state index < -0.39 is 11.7 Å². The molecule has 6 nitrogen and oxygen atoms in total. The van der Waals surface area contributed by atoms with Crippen molar-refractivity contribution in [3.05, 3.63) is 81.2 Å². The van der Waals surface area contributed by atoms with Gasteiger partial charge >= 0.3 is 6.18 Å².